The summed E-state index contributed by atoms with van der Waals surface area (Å²) in [5.41, 5.74) is 3.62. The van der Waals surface area contributed by atoms with Crippen LogP contribution in [0.15, 0.2) is 82.1 Å². The number of fused-ring (bicyclic) bond motifs is 4. The average Bonchev–Trinajstić information content (AvgIpc) is 3.11. The van der Waals surface area contributed by atoms with Crippen molar-refractivity contribution in [1.29, 1.82) is 0 Å². The number of hydrogen-bond acceptors (Lipinski definition) is 3. The predicted octanol–water partition coefficient (Wildman–Crippen LogP) is 5.36. The van der Waals surface area contributed by atoms with Crippen LogP contribution in [0.5, 0.6) is 0 Å². The van der Waals surface area contributed by atoms with Gasteiger partial charge in [-0.25, -0.2) is 4.79 Å². The smallest absolute Gasteiger partial charge is 0.344 e. The summed E-state index contributed by atoms with van der Waals surface area (Å²) < 4.78 is 7.64. The van der Waals surface area contributed by atoms with E-state index in [1.807, 2.05) is 48.5 Å². The Balaban J connectivity index is 1.56. The lowest BCUT2D eigenvalue weighted by atomic mass is 10.0. The van der Waals surface area contributed by atoms with Crippen LogP contribution in [0.25, 0.3) is 32.6 Å². The second kappa shape index (κ2) is 7.76. The second-order valence-corrected chi connectivity index (χ2v) is 7.81. The highest BCUT2D eigenvalue weighted by Gasteiger charge is 2.11. The third-order valence-electron chi connectivity index (χ3n) is 5.74. The second-order valence-electron chi connectivity index (χ2n) is 7.81. The molecule has 0 unspecified atom stereocenters. The van der Waals surface area contributed by atoms with Crippen molar-refractivity contribution in [1.82, 2.24) is 4.57 Å². The molecule has 154 valence electrons. The quantitative estimate of drug-likeness (QED) is 0.302. The van der Waals surface area contributed by atoms with Gasteiger partial charge in [0, 0.05) is 40.8 Å². The molecule has 0 saturated heterocycles. The van der Waals surface area contributed by atoms with Crippen molar-refractivity contribution < 1.29 is 14.3 Å². The molecule has 0 atom stereocenters. The Morgan fingerprint density at radius 3 is 2.52 bits per heavy atom. The molecule has 2 heterocycles. The number of hydrogen-bond donors (Lipinski definition) is 1. The number of aliphatic carboxylic acids is 1. The molecule has 0 saturated carbocycles. The van der Waals surface area contributed by atoms with Crippen molar-refractivity contribution in [2.45, 2.75) is 25.8 Å². The molecule has 5 heteroatoms. The first-order chi connectivity index (χ1) is 15.1. The van der Waals surface area contributed by atoms with Crippen LogP contribution in [0, 0.1) is 0 Å². The lowest BCUT2D eigenvalue weighted by molar-refractivity contribution is -0.137. The summed E-state index contributed by atoms with van der Waals surface area (Å²) in [4.78, 5) is 23.3. The lowest BCUT2D eigenvalue weighted by Gasteiger charge is -2.08. The Hall–Kier alpha value is -3.86. The number of carbonyl (C=O) groups is 1. The third kappa shape index (κ3) is 3.59. The van der Waals surface area contributed by atoms with E-state index in [1.54, 1.807) is 0 Å². The molecular formula is C26H21NO4. The van der Waals surface area contributed by atoms with E-state index < -0.39 is 5.97 Å². The van der Waals surface area contributed by atoms with Crippen LogP contribution < -0.4 is 5.63 Å². The molecule has 0 aliphatic rings. The zero-order chi connectivity index (χ0) is 21.4. The SMILES string of the molecule is O=C(O)CCCc1cn(Cc2ccc3c(=O)oc4ccccc4c3c2)c2ccccc12. The van der Waals surface area contributed by atoms with E-state index in [1.165, 1.54) is 0 Å². The predicted molar refractivity (Wildman–Crippen MR) is 122 cm³/mol. The zero-order valence-corrected chi connectivity index (χ0v) is 16.9. The highest BCUT2D eigenvalue weighted by atomic mass is 16.4. The summed E-state index contributed by atoms with van der Waals surface area (Å²) in [7, 11) is 0. The van der Waals surface area contributed by atoms with Crippen molar-refractivity contribution in [3.05, 3.63) is 94.5 Å². The topological polar surface area (TPSA) is 72.4 Å². The van der Waals surface area contributed by atoms with E-state index in [4.69, 9.17) is 9.52 Å². The molecule has 5 rings (SSSR count). The Morgan fingerprint density at radius 2 is 1.68 bits per heavy atom. The molecule has 2 aromatic heterocycles. The van der Waals surface area contributed by atoms with Gasteiger partial charge in [0.2, 0.25) is 0 Å². The monoisotopic (exact) mass is 411 g/mol. The van der Waals surface area contributed by atoms with Gasteiger partial charge < -0.3 is 14.1 Å². The molecule has 1 N–H and O–H groups in total. The van der Waals surface area contributed by atoms with Crippen molar-refractivity contribution in [3.63, 3.8) is 0 Å². The number of aryl methyl sites for hydroxylation is 1. The van der Waals surface area contributed by atoms with Crippen molar-refractivity contribution in [2.24, 2.45) is 0 Å². The van der Waals surface area contributed by atoms with Crippen molar-refractivity contribution in [2.75, 3.05) is 0 Å². The zero-order valence-electron chi connectivity index (χ0n) is 16.9. The first-order valence-electron chi connectivity index (χ1n) is 10.3. The number of benzene rings is 3. The van der Waals surface area contributed by atoms with E-state index in [9.17, 15) is 9.59 Å². The highest BCUT2D eigenvalue weighted by molar-refractivity contribution is 6.04. The molecule has 31 heavy (non-hydrogen) atoms. The number of nitrogens with zero attached hydrogens (tertiary/aromatic N) is 1. The van der Waals surface area contributed by atoms with Gasteiger partial charge in [0.05, 0.1) is 5.39 Å². The summed E-state index contributed by atoms with van der Waals surface area (Å²) in [5.74, 6) is -0.767. The molecule has 5 nitrogen and oxygen atoms in total. The first-order valence-corrected chi connectivity index (χ1v) is 10.3. The van der Waals surface area contributed by atoms with E-state index in [0.717, 1.165) is 39.2 Å². The van der Waals surface area contributed by atoms with Crippen LogP contribution in [0.2, 0.25) is 0 Å². The molecule has 3 aromatic carbocycles. The summed E-state index contributed by atoms with van der Waals surface area (Å²) >= 11 is 0. The number of aromatic nitrogens is 1. The summed E-state index contributed by atoms with van der Waals surface area (Å²) in [6.07, 6.45) is 3.62. The molecule has 5 aromatic rings. The van der Waals surface area contributed by atoms with E-state index in [2.05, 4.69) is 29.0 Å². The van der Waals surface area contributed by atoms with Crippen LogP contribution in [0.4, 0.5) is 0 Å². The van der Waals surface area contributed by atoms with Crippen LogP contribution in [0.1, 0.15) is 24.0 Å². The number of para-hydroxylation sites is 2. The number of carboxylic acid groups (broad SMARTS) is 1. The standard InChI is InChI=1S/C26H21NO4/c28-25(29)11-5-6-18-16-27(23-9-3-1-7-19(18)23)15-17-12-13-21-22(14-17)20-8-2-4-10-24(20)31-26(21)30/h1-4,7-10,12-14,16H,5-6,11,15H2,(H,28,29). The van der Waals surface area contributed by atoms with Crippen molar-refractivity contribution in [3.8, 4) is 0 Å². The van der Waals surface area contributed by atoms with Crippen LogP contribution in [0.3, 0.4) is 0 Å². The summed E-state index contributed by atoms with van der Waals surface area (Å²) in [6.45, 7) is 0.657. The van der Waals surface area contributed by atoms with Gasteiger partial charge in [0.15, 0.2) is 0 Å². The molecular weight excluding hydrogens is 390 g/mol. The molecule has 0 bridgehead atoms. The molecule has 0 radical (unpaired) electrons. The van der Waals surface area contributed by atoms with Gasteiger partial charge in [-0.2, -0.15) is 0 Å². The third-order valence-corrected chi connectivity index (χ3v) is 5.74. The Morgan fingerprint density at radius 1 is 0.903 bits per heavy atom. The van der Waals surface area contributed by atoms with Gasteiger partial charge in [0.25, 0.3) is 0 Å². The average molecular weight is 411 g/mol. The number of rotatable bonds is 6. The Bertz CT molecular complexity index is 1490. The van der Waals surface area contributed by atoms with E-state index in [-0.39, 0.29) is 12.0 Å². The van der Waals surface area contributed by atoms with Gasteiger partial charge in [-0.3, -0.25) is 4.79 Å². The minimum absolute atomic E-state index is 0.167. The highest BCUT2D eigenvalue weighted by Crippen LogP contribution is 2.27. The Kier molecular flexibility index (Phi) is 4.79. The molecule has 0 fully saturated rings. The van der Waals surface area contributed by atoms with Crippen LogP contribution in [-0.2, 0) is 17.8 Å². The van der Waals surface area contributed by atoms with Gasteiger partial charge in [0.1, 0.15) is 5.58 Å². The summed E-state index contributed by atoms with van der Waals surface area (Å²) in [5, 5.41) is 12.5. The fraction of sp³-hybridized carbons (Fsp3) is 0.154. The van der Waals surface area contributed by atoms with Gasteiger partial charge in [-0.1, -0.05) is 42.5 Å². The largest absolute Gasteiger partial charge is 0.481 e. The fourth-order valence-electron chi connectivity index (χ4n) is 4.30. The van der Waals surface area contributed by atoms with Gasteiger partial charge in [-0.05, 0) is 48.2 Å². The maximum absolute atomic E-state index is 12.4. The first kappa shape index (κ1) is 19.1. The van der Waals surface area contributed by atoms with Gasteiger partial charge >= 0.3 is 11.6 Å². The molecule has 0 amide bonds. The molecule has 0 spiro atoms. The van der Waals surface area contributed by atoms with Gasteiger partial charge in [-0.15, -0.1) is 0 Å². The van der Waals surface area contributed by atoms with Crippen molar-refractivity contribution >= 4 is 38.6 Å². The maximum atomic E-state index is 12.4. The molecule has 0 aliphatic carbocycles. The van der Waals surface area contributed by atoms with Crippen LogP contribution >= 0.6 is 0 Å². The minimum Gasteiger partial charge on any atom is -0.481 e. The van der Waals surface area contributed by atoms with E-state index in [0.29, 0.717) is 23.9 Å². The van der Waals surface area contributed by atoms with Crippen LogP contribution in [-0.4, -0.2) is 15.6 Å². The number of carboxylic acids is 1. The minimum atomic E-state index is -0.767. The molecule has 0 aliphatic heterocycles. The van der Waals surface area contributed by atoms with E-state index >= 15 is 0 Å². The maximum Gasteiger partial charge on any atom is 0.344 e. The fourth-order valence-corrected chi connectivity index (χ4v) is 4.30. The lowest BCUT2D eigenvalue weighted by Crippen LogP contribution is -2.02. The Labute approximate surface area is 178 Å². The summed E-state index contributed by atoms with van der Waals surface area (Å²) in [6, 6.07) is 21.6. The normalized spacial score (nSPS) is 11.5.